The molecule has 41 heavy (non-hydrogen) atoms. The van der Waals surface area contributed by atoms with Gasteiger partial charge in [-0.2, -0.15) is 5.10 Å². The van der Waals surface area contributed by atoms with E-state index < -0.39 is 11.7 Å². The van der Waals surface area contributed by atoms with Crippen molar-refractivity contribution in [3.63, 3.8) is 0 Å². The maximum atomic E-state index is 14.7. The number of halogens is 1. The number of aromatic nitrogens is 6. The molecule has 2 aromatic carbocycles. The number of fused-ring (bicyclic) bond motifs is 1. The second-order valence-corrected chi connectivity index (χ2v) is 9.93. The van der Waals surface area contributed by atoms with Crippen LogP contribution >= 0.6 is 0 Å². The lowest BCUT2D eigenvalue weighted by Gasteiger charge is -2.28. The number of carbonyl (C=O) groups is 1. The number of aryl methyl sites for hydroxylation is 2. The van der Waals surface area contributed by atoms with Crippen molar-refractivity contribution in [3.8, 4) is 28.7 Å². The van der Waals surface area contributed by atoms with E-state index in [4.69, 9.17) is 15.5 Å². The summed E-state index contributed by atoms with van der Waals surface area (Å²) in [4.78, 5) is 29.4. The fraction of sp³-hybridized carbons (Fsp3) is 0.276. The second-order valence-electron chi connectivity index (χ2n) is 9.93. The Bertz CT molecular complexity index is 1760. The number of amides is 1. The number of imidazole rings is 1. The minimum atomic E-state index is -0.545. The molecule has 5 aromatic rings. The molecule has 3 aromatic heterocycles. The van der Waals surface area contributed by atoms with Crippen molar-refractivity contribution in [3.05, 3.63) is 66.4 Å². The lowest BCUT2D eigenvalue weighted by Crippen LogP contribution is -2.36. The molecule has 0 radical (unpaired) electrons. The van der Waals surface area contributed by atoms with E-state index in [9.17, 15) is 9.18 Å². The van der Waals surface area contributed by atoms with Crippen LogP contribution in [0.25, 0.3) is 33.9 Å². The van der Waals surface area contributed by atoms with E-state index in [0.29, 0.717) is 12.2 Å². The Kier molecular flexibility index (Phi) is 6.83. The van der Waals surface area contributed by atoms with Gasteiger partial charge in [0.1, 0.15) is 28.5 Å². The third-order valence-electron chi connectivity index (χ3n) is 7.57. The van der Waals surface area contributed by atoms with E-state index >= 15 is 0 Å². The van der Waals surface area contributed by atoms with Crippen molar-refractivity contribution < 1.29 is 13.9 Å². The molecule has 1 aliphatic rings. The monoisotopic (exact) mass is 555 g/mol. The number of methoxy groups -OCH3 is 1. The van der Waals surface area contributed by atoms with Crippen molar-refractivity contribution in [2.75, 3.05) is 30.4 Å². The summed E-state index contributed by atoms with van der Waals surface area (Å²) in [5.41, 5.74) is 10.3. The largest absolute Gasteiger partial charge is 0.496 e. The number of anilines is 2. The molecule has 12 heteroatoms. The van der Waals surface area contributed by atoms with Gasteiger partial charge in [0.05, 0.1) is 29.6 Å². The normalized spacial score (nSPS) is 15.0. The summed E-state index contributed by atoms with van der Waals surface area (Å²) in [6.07, 6.45) is 5.09. The van der Waals surface area contributed by atoms with Crippen LogP contribution in [0.1, 0.15) is 23.3 Å². The molecule has 0 aliphatic carbocycles. The maximum Gasteiger partial charge on any atom is 0.274 e. The van der Waals surface area contributed by atoms with E-state index in [-0.39, 0.29) is 28.9 Å². The smallest absolute Gasteiger partial charge is 0.274 e. The van der Waals surface area contributed by atoms with E-state index in [0.717, 1.165) is 47.6 Å². The molecule has 0 bridgehead atoms. The summed E-state index contributed by atoms with van der Waals surface area (Å²) in [6, 6.07) is 11.8. The zero-order chi connectivity index (χ0) is 28.7. The first kappa shape index (κ1) is 26.4. The van der Waals surface area contributed by atoms with Crippen LogP contribution in [-0.2, 0) is 14.1 Å². The van der Waals surface area contributed by atoms with Gasteiger partial charge in [0.25, 0.3) is 5.91 Å². The predicted octanol–water partition coefficient (Wildman–Crippen LogP) is 3.76. The highest BCUT2D eigenvalue weighted by Crippen LogP contribution is 2.40. The quantitative estimate of drug-likeness (QED) is 0.311. The van der Waals surface area contributed by atoms with Crippen molar-refractivity contribution in [1.29, 1.82) is 0 Å². The van der Waals surface area contributed by atoms with Gasteiger partial charge < -0.3 is 25.3 Å². The first-order valence-corrected chi connectivity index (χ1v) is 13.3. The predicted molar refractivity (Wildman–Crippen MR) is 154 cm³/mol. The number of hydrogen-bond donors (Lipinski definition) is 2. The third-order valence-corrected chi connectivity index (χ3v) is 7.57. The number of nitrogens with zero attached hydrogens (tertiary/aromatic N) is 7. The summed E-state index contributed by atoms with van der Waals surface area (Å²) >= 11 is 0. The van der Waals surface area contributed by atoms with E-state index in [2.05, 4.69) is 25.3 Å². The summed E-state index contributed by atoms with van der Waals surface area (Å²) in [7, 11) is 5.28. The van der Waals surface area contributed by atoms with Gasteiger partial charge >= 0.3 is 0 Å². The van der Waals surface area contributed by atoms with Gasteiger partial charge in [-0.1, -0.05) is 6.07 Å². The zero-order valence-corrected chi connectivity index (χ0v) is 23.0. The SMILES string of the molecule is COc1cccc(F)c1-c1nccc(C(=O)Nc2ccc3c(nc(-c4ccnn4C)n3C)c2N2CCC[C@H]2CN)n1. The average Bonchev–Trinajstić information content (AvgIpc) is 3.71. The molecule has 4 heterocycles. The molecule has 1 atom stereocenters. The Morgan fingerprint density at radius 2 is 2.00 bits per heavy atom. The van der Waals surface area contributed by atoms with Crippen LogP contribution < -0.4 is 20.7 Å². The Labute approximate surface area is 235 Å². The summed E-state index contributed by atoms with van der Waals surface area (Å²) < 4.78 is 23.8. The number of rotatable bonds is 7. The van der Waals surface area contributed by atoms with Crippen LogP contribution in [0.15, 0.2) is 54.9 Å². The number of nitrogens with one attached hydrogen (secondary N) is 1. The first-order valence-electron chi connectivity index (χ1n) is 13.3. The van der Waals surface area contributed by atoms with Crippen molar-refractivity contribution in [1.82, 2.24) is 29.3 Å². The molecule has 6 rings (SSSR count). The standard InChI is InChI=1S/C29H30FN9O2/c1-37-21-10-9-19(35-29(40)20-11-13-32-27(34-20)24-18(30)7-4-8-23(24)41-3)26(39-15-5-6-17(39)16-31)25(21)36-28(37)22-12-14-33-38(22)2/h4,7-14,17H,5-6,15-16,31H2,1-3H3,(H,35,40)/t17-/m0/s1. The summed E-state index contributed by atoms with van der Waals surface area (Å²) in [6.45, 7) is 1.26. The molecular weight excluding hydrogens is 525 g/mol. The van der Waals surface area contributed by atoms with Gasteiger partial charge in [0, 0.05) is 45.6 Å². The highest BCUT2D eigenvalue weighted by atomic mass is 19.1. The molecule has 1 amide bonds. The van der Waals surface area contributed by atoms with E-state index in [1.165, 1.54) is 31.5 Å². The van der Waals surface area contributed by atoms with Gasteiger partial charge in [-0.25, -0.2) is 19.3 Å². The minimum Gasteiger partial charge on any atom is -0.496 e. The molecule has 1 aliphatic heterocycles. The zero-order valence-electron chi connectivity index (χ0n) is 23.0. The van der Waals surface area contributed by atoms with Crippen LogP contribution in [0.5, 0.6) is 5.75 Å². The van der Waals surface area contributed by atoms with Crippen molar-refractivity contribution >= 4 is 28.3 Å². The lowest BCUT2D eigenvalue weighted by atomic mass is 10.1. The fourth-order valence-corrected chi connectivity index (χ4v) is 5.52. The molecule has 1 fully saturated rings. The van der Waals surface area contributed by atoms with Crippen LogP contribution in [0, 0.1) is 5.82 Å². The topological polar surface area (TPSA) is 129 Å². The van der Waals surface area contributed by atoms with Crippen molar-refractivity contribution in [2.24, 2.45) is 19.8 Å². The molecule has 1 saturated heterocycles. The van der Waals surface area contributed by atoms with Gasteiger partial charge in [-0.15, -0.1) is 0 Å². The Morgan fingerprint density at radius 3 is 2.76 bits per heavy atom. The Balaban J connectivity index is 1.43. The number of hydrogen-bond acceptors (Lipinski definition) is 8. The average molecular weight is 556 g/mol. The van der Waals surface area contributed by atoms with Gasteiger partial charge in [0.2, 0.25) is 0 Å². The summed E-state index contributed by atoms with van der Waals surface area (Å²) in [5.74, 6) is 0.0762. The third kappa shape index (κ3) is 4.55. The van der Waals surface area contributed by atoms with Crippen LogP contribution in [0.2, 0.25) is 0 Å². The lowest BCUT2D eigenvalue weighted by molar-refractivity contribution is 0.102. The van der Waals surface area contributed by atoms with Crippen LogP contribution in [-0.4, -0.2) is 61.4 Å². The van der Waals surface area contributed by atoms with Crippen LogP contribution in [0.4, 0.5) is 15.8 Å². The van der Waals surface area contributed by atoms with E-state index in [1.54, 1.807) is 16.9 Å². The molecule has 3 N–H and O–H groups in total. The highest BCUT2D eigenvalue weighted by molar-refractivity contribution is 6.08. The number of nitrogens with two attached hydrogens (primary N) is 1. The molecule has 210 valence electrons. The Morgan fingerprint density at radius 1 is 1.15 bits per heavy atom. The number of ether oxygens (including phenoxy) is 1. The minimum absolute atomic E-state index is 0.0524. The van der Waals surface area contributed by atoms with Crippen LogP contribution in [0.3, 0.4) is 0 Å². The van der Waals surface area contributed by atoms with Crippen molar-refractivity contribution in [2.45, 2.75) is 18.9 Å². The van der Waals surface area contributed by atoms with Gasteiger partial charge in [0.15, 0.2) is 11.6 Å². The number of carbonyl (C=O) groups excluding carboxylic acids is 1. The Hall–Kier alpha value is -4.84. The molecule has 0 unspecified atom stereocenters. The van der Waals surface area contributed by atoms with Gasteiger partial charge in [-0.05, 0) is 49.2 Å². The van der Waals surface area contributed by atoms with E-state index in [1.807, 2.05) is 36.9 Å². The highest BCUT2D eigenvalue weighted by Gasteiger charge is 2.30. The first-order chi connectivity index (χ1) is 19.9. The fourth-order valence-electron chi connectivity index (χ4n) is 5.52. The summed E-state index contributed by atoms with van der Waals surface area (Å²) in [5, 5.41) is 7.33. The van der Waals surface area contributed by atoms with Gasteiger partial charge in [-0.3, -0.25) is 9.48 Å². The molecule has 11 nitrogen and oxygen atoms in total. The maximum absolute atomic E-state index is 14.7. The molecule has 0 spiro atoms. The molecular formula is C29H30FN9O2. The molecule has 0 saturated carbocycles. The second kappa shape index (κ2) is 10.6. The number of benzene rings is 2.